The van der Waals surface area contributed by atoms with E-state index < -0.39 is 23.8 Å². The van der Waals surface area contributed by atoms with Crippen LogP contribution in [-0.2, 0) is 14.3 Å². The molecule has 0 aliphatic heterocycles. The standard InChI is InChI=1S/C31H45N3O5/c1-10-22(5)34(29(36)26(19-20(2)3)33-30(37)39-31(6,7)8)27(25-14-12-11-13-21(25)4)28(35)32-23-15-17-24(38-9)18-16-23/h11-18,20,22,26-27H,10,19H2,1-9H3,(H,32,35)(H,33,37). The molecule has 3 amide bonds. The molecule has 2 rings (SSSR count). The van der Waals surface area contributed by atoms with E-state index in [0.717, 1.165) is 11.1 Å². The summed E-state index contributed by atoms with van der Waals surface area (Å²) in [6.07, 6.45) is 0.344. The Morgan fingerprint density at radius 1 is 0.974 bits per heavy atom. The Balaban J connectivity index is 2.56. The van der Waals surface area contributed by atoms with Gasteiger partial charge >= 0.3 is 6.09 Å². The minimum atomic E-state index is -0.925. The largest absolute Gasteiger partial charge is 0.497 e. The van der Waals surface area contributed by atoms with E-state index >= 15 is 0 Å². The SMILES string of the molecule is CCC(C)N(C(=O)C(CC(C)C)NC(=O)OC(C)(C)C)C(C(=O)Nc1ccc(OC)cc1)c1ccccc1C. The molecule has 0 saturated heterocycles. The summed E-state index contributed by atoms with van der Waals surface area (Å²) in [6, 6.07) is 12.5. The predicted molar refractivity (Wildman–Crippen MR) is 155 cm³/mol. The average molecular weight is 540 g/mol. The maximum atomic E-state index is 14.3. The summed E-state index contributed by atoms with van der Waals surface area (Å²) >= 11 is 0. The highest BCUT2D eigenvalue weighted by Crippen LogP contribution is 2.30. The first-order valence-electron chi connectivity index (χ1n) is 13.6. The Morgan fingerprint density at radius 2 is 1.59 bits per heavy atom. The number of anilines is 1. The van der Waals surface area contributed by atoms with Crippen molar-refractivity contribution in [2.45, 2.75) is 92.0 Å². The zero-order valence-corrected chi connectivity index (χ0v) is 24.8. The third-order valence-corrected chi connectivity index (χ3v) is 6.38. The molecular weight excluding hydrogens is 494 g/mol. The van der Waals surface area contributed by atoms with Gasteiger partial charge in [-0.05, 0) is 88.8 Å². The van der Waals surface area contributed by atoms with Crippen molar-refractivity contribution in [3.05, 3.63) is 59.7 Å². The number of nitrogens with one attached hydrogen (secondary N) is 2. The lowest BCUT2D eigenvalue weighted by molar-refractivity contribution is -0.143. The normalized spacial score (nSPS) is 13.7. The Labute approximate surface area is 233 Å². The maximum absolute atomic E-state index is 14.3. The van der Waals surface area contributed by atoms with Crippen LogP contribution in [0.4, 0.5) is 10.5 Å². The highest BCUT2D eigenvalue weighted by molar-refractivity contribution is 5.99. The smallest absolute Gasteiger partial charge is 0.408 e. The van der Waals surface area contributed by atoms with Crippen molar-refractivity contribution in [1.29, 1.82) is 0 Å². The van der Waals surface area contributed by atoms with Crippen molar-refractivity contribution < 1.29 is 23.9 Å². The lowest BCUT2D eigenvalue weighted by atomic mass is 9.94. The minimum Gasteiger partial charge on any atom is -0.497 e. The van der Waals surface area contributed by atoms with Crippen molar-refractivity contribution in [2.75, 3.05) is 12.4 Å². The van der Waals surface area contributed by atoms with E-state index in [2.05, 4.69) is 10.6 Å². The molecule has 8 nitrogen and oxygen atoms in total. The van der Waals surface area contributed by atoms with Crippen molar-refractivity contribution >= 4 is 23.6 Å². The number of hydrogen-bond acceptors (Lipinski definition) is 5. The van der Waals surface area contributed by atoms with Crippen LogP contribution in [0.15, 0.2) is 48.5 Å². The molecule has 0 aliphatic rings. The Kier molecular flexibility index (Phi) is 11.4. The molecule has 0 saturated carbocycles. The average Bonchev–Trinajstić information content (AvgIpc) is 2.85. The van der Waals surface area contributed by atoms with Gasteiger partial charge in [0.25, 0.3) is 5.91 Å². The van der Waals surface area contributed by atoms with E-state index in [1.807, 2.05) is 58.9 Å². The van der Waals surface area contributed by atoms with E-state index in [9.17, 15) is 14.4 Å². The van der Waals surface area contributed by atoms with Crippen LogP contribution in [0.3, 0.4) is 0 Å². The first-order chi connectivity index (χ1) is 18.3. The number of nitrogens with zero attached hydrogens (tertiary/aromatic N) is 1. The molecule has 39 heavy (non-hydrogen) atoms. The van der Waals surface area contributed by atoms with Crippen LogP contribution in [0.5, 0.6) is 5.75 Å². The summed E-state index contributed by atoms with van der Waals surface area (Å²) in [5.74, 6) is 0.105. The molecule has 0 bridgehead atoms. The van der Waals surface area contributed by atoms with Crippen LogP contribution >= 0.6 is 0 Å². The van der Waals surface area contributed by atoms with Crippen LogP contribution in [-0.4, -0.2) is 47.6 Å². The van der Waals surface area contributed by atoms with Gasteiger partial charge < -0.3 is 25.0 Å². The lowest BCUT2D eigenvalue weighted by Crippen LogP contribution is -2.55. The van der Waals surface area contributed by atoms with Gasteiger partial charge in [-0.25, -0.2) is 4.79 Å². The van der Waals surface area contributed by atoms with Crippen LogP contribution in [0.1, 0.15) is 78.5 Å². The van der Waals surface area contributed by atoms with E-state index in [0.29, 0.717) is 24.3 Å². The molecular formula is C31H45N3O5. The number of aryl methyl sites for hydroxylation is 1. The quantitative estimate of drug-likeness (QED) is 0.352. The van der Waals surface area contributed by atoms with Crippen LogP contribution < -0.4 is 15.4 Å². The molecule has 2 N–H and O–H groups in total. The molecule has 0 aromatic heterocycles. The monoisotopic (exact) mass is 539 g/mol. The molecule has 2 aromatic carbocycles. The zero-order chi connectivity index (χ0) is 29.3. The Bertz CT molecular complexity index is 1110. The number of alkyl carbamates (subject to hydrolysis) is 1. The van der Waals surface area contributed by atoms with Crippen LogP contribution in [0.25, 0.3) is 0 Å². The molecule has 8 heteroatoms. The van der Waals surface area contributed by atoms with Gasteiger partial charge in [-0.3, -0.25) is 9.59 Å². The van der Waals surface area contributed by atoms with Gasteiger partial charge in [-0.1, -0.05) is 45.0 Å². The molecule has 2 aromatic rings. The zero-order valence-electron chi connectivity index (χ0n) is 24.8. The third-order valence-electron chi connectivity index (χ3n) is 6.38. The maximum Gasteiger partial charge on any atom is 0.408 e. The van der Waals surface area contributed by atoms with Gasteiger partial charge in [0.2, 0.25) is 5.91 Å². The summed E-state index contributed by atoms with van der Waals surface area (Å²) in [5, 5.41) is 5.77. The Hall–Kier alpha value is -3.55. The molecule has 0 aliphatic carbocycles. The highest BCUT2D eigenvalue weighted by atomic mass is 16.6. The van der Waals surface area contributed by atoms with E-state index in [-0.39, 0.29) is 23.8 Å². The first kappa shape index (κ1) is 31.7. The number of amides is 3. The number of benzene rings is 2. The predicted octanol–water partition coefficient (Wildman–Crippen LogP) is 6.25. The Morgan fingerprint density at radius 3 is 2.10 bits per heavy atom. The highest BCUT2D eigenvalue weighted by Gasteiger charge is 2.39. The van der Waals surface area contributed by atoms with Gasteiger partial charge in [-0.2, -0.15) is 0 Å². The molecule has 0 heterocycles. The van der Waals surface area contributed by atoms with E-state index in [1.54, 1.807) is 57.0 Å². The number of carbonyl (C=O) groups is 3. The van der Waals surface area contributed by atoms with Crippen molar-refractivity contribution in [3.63, 3.8) is 0 Å². The van der Waals surface area contributed by atoms with E-state index in [4.69, 9.17) is 9.47 Å². The molecule has 0 radical (unpaired) electrons. The third kappa shape index (κ3) is 9.30. The van der Waals surface area contributed by atoms with Crippen molar-refractivity contribution in [1.82, 2.24) is 10.2 Å². The van der Waals surface area contributed by atoms with Crippen molar-refractivity contribution in [3.8, 4) is 5.75 Å². The van der Waals surface area contributed by atoms with Gasteiger partial charge in [0, 0.05) is 11.7 Å². The molecule has 214 valence electrons. The van der Waals surface area contributed by atoms with Crippen LogP contribution in [0.2, 0.25) is 0 Å². The first-order valence-corrected chi connectivity index (χ1v) is 13.6. The van der Waals surface area contributed by atoms with Gasteiger partial charge in [0.1, 0.15) is 23.4 Å². The molecule has 3 atom stereocenters. The second-order valence-electron chi connectivity index (χ2n) is 11.3. The van der Waals surface area contributed by atoms with Crippen LogP contribution in [0, 0.1) is 12.8 Å². The topological polar surface area (TPSA) is 97.0 Å². The summed E-state index contributed by atoms with van der Waals surface area (Å²) in [6.45, 7) is 15.1. The molecule has 3 unspecified atom stereocenters. The van der Waals surface area contributed by atoms with E-state index in [1.165, 1.54) is 0 Å². The number of ether oxygens (including phenoxy) is 2. The summed E-state index contributed by atoms with van der Waals surface area (Å²) in [7, 11) is 1.58. The number of rotatable bonds is 11. The second kappa shape index (κ2) is 14.0. The lowest BCUT2D eigenvalue weighted by Gasteiger charge is -2.39. The summed E-state index contributed by atoms with van der Waals surface area (Å²) in [4.78, 5) is 42.7. The van der Waals surface area contributed by atoms with Gasteiger partial charge in [0.15, 0.2) is 0 Å². The fourth-order valence-electron chi connectivity index (χ4n) is 4.31. The van der Waals surface area contributed by atoms with Gasteiger partial charge in [-0.15, -0.1) is 0 Å². The summed E-state index contributed by atoms with van der Waals surface area (Å²) < 4.78 is 10.7. The molecule has 0 fully saturated rings. The molecule has 0 spiro atoms. The van der Waals surface area contributed by atoms with Crippen molar-refractivity contribution in [2.24, 2.45) is 5.92 Å². The minimum absolute atomic E-state index is 0.109. The fraction of sp³-hybridized carbons (Fsp3) is 0.516. The number of methoxy groups -OCH3 is 1. The number of hydrogen-bond donors (Lipinski definition) is 2. The van der Waals surface area contributed by atoms with Gasteiger partial charge in [0.05, 0.1) is 7.11 Å². The summed E-state index contributed by atoms with van der Waals surface area (Å²) in [5.41, 5.74) is 1.47. The fourth-order valence-corrected chi connectivity index (χ4v) is 4.31. The second-order valence-corrected chi connectivity index (χ2v) is 11.3. The number of carbonyl (C=O) groups excluding carboxylic acids is 3.